The lowest BCUT2D eigenvalue weighted by Crippen LogP contribution is -2.00. The molecule has 0 bridgehead atoms. The van der Waals surface area contributed by atoms with E-state index in [9.17, 15) is 8.78 Å². The first-order valence-corrected chi connectivity index (χ1v) is 5.41. The molecule has 0 heterocycles. The minimum Gasteiger partial charge on any atom is -0.203 e. The summed E-state index contributed by atoms with van der Waals surface area (Å²) in [6.07, 6.45) is 0. The Morgan fingerprint density at radius 2 is 1.33 bits per heavy atom. The van der Waals surface area contributed by atoms with E-state index in [2.05, 4.69) is 0 Å². The highest BCUT2D eigenvalue weighted by atomic mass is 127. The summed E-state index contributed by atoms with van der Waals surface area (Å²) in [5.74, 6) is -1.46. The molecular weight excluding hydrogens is 388 g/mol. The quantitative estimate of drug-likeness (QED) is 0.357. The molecular formula is C8H6F2I2. The normalized spacial score (nSPS) is 10.5. The molecule has 66 valence electrons. The zero-order valence-electron chi connectivity index (χ0n) is 6.51. The Kier molecular flexibility index (Phi) is 3.30. The third-order valence-corrected chi connectivity index (χ3v) is 4.60. The van der Waals surface area contributed by atoms with Crippen molar-refractivity contribution in [3.63, 3.8) is 0 Å². The molecule has 4 heteroatoms. The highest BCUT2D eigenvalue weighted by Crippen LogP contribution is 2.27. The second-order valence-corrected chi connectivity index (χ2v) is 4.66. The van der Waals surface area contributed by atoms with E-state index < -0.39 is 11.6 Å². The Balaban J connectivity index is 3.60. The molecule has 0 aliphatic rings. The largest absolute Gasteiger partial charge is 0.203 e. The van der Waals surface area contributed by atoms with Crippen molar-refractivity contribution in [2.24, 2.45) is 0 Å². The summed E-state index contributed by atoms with van der Waals surface area (Å²) in [5.41, 5.74) is 1.21. The molecule has 0 nitrogen and oxygen atoms in total. The van der Waals surface area contributed by atoms with Crippen LogP contribution in [-0.4, -0.2) is 0 Å². The van der Waals surface area contributed by atoms with Gasteiger partial charge in [0, 0.05) is 9.13 Å². The van der Waals surface area contributed by atoms with Gasteiger partial charge in [-0.2, -0.15) is 0 Å². The van der Waals surface area contributed by atoms with Crippen LogP contribution in [0.1, 0.15) is 11.1 Å². The molecule has 1 rings (SSSR count). The van der Waals surface area contributed by atoms with Crippen LogP contribution in [0.3, 0.4) is 0 Å². The summed E-state index contributed by atoms with van der Waals surface area (Å²) in [7, 11) is 0. The molecule has 0 aliphatic carbocycles. The van der Waals surface area contributed by atoms with Crippen LogP contribution < -0.4 is 0 Å². The second-order valence-electron chi connectivity index (χ2n) is 2.51. The summed E-state index contributed by atoms with van der Waals surface area (Å²) < 4.78 is 27.3. The topological polar surface area (TPSA) is 0 Å². The van der Waals surface area contributed by atoms with E-state index in [0.717, 1.165) is 9.13 Å². The Morgan fingerprint density at radius 1 is 0.833 bits per heavy atom. The van der Waals surface area contributed by atoms with Crippen molar-refractivity contribution in [2.45, 2.75) is 13.8 Å². The fraction of sp³-hybridized carbons (Fsp3) is 0.250. The lowest BCUT2D eigenvalue weighted by Gasteiger charge is -2.07. The first kappa shape index (κ1) is 10.6. The Hall–Kier alpha value is 0.540. The maximum Gasteiger partial charge on any atom is 0.172 e. The second kappa shape index (κ2) is 3.73. The summed E-state index contributed by atoms with van der Waals surface area (Å²) in [6, 6.07) is 0. The van der Waals surface area contributed by atoms with Crippen LogP contribution in [0.4, 0.5) is 8.78 Å². The van der Waals surface area contributed by atoms with Gasteiger partial charge in [-0.05, 0) is 64.6 Å². The summed E-state index contributed by atoms with van der Waals surface area (Å²) in [4.78, 5) is 0. The van der Waals surface area contributed by atoms with Crippen LogP contribution in [0.25, 0.3) is 0 Å². The van der Waals surface area contributed by atoms with Gasteiger partial charge in [0.2, 0.25) is 0 Å². The average molecular weight is 394 g/mol. The van der Waals surface area contributed by atoms with Crippen molar-refractivity contribution in [3.8, 4) is 0 Å². The minimum atomic E-state index is -0.731. The zero-order chi connectivity index (χ0) is 9.46. The van der Waals surface area contributed by atoms with Gasteiger partial charge in [0.1, 0.15) is 0 Å². The van der Waals surface area contributed by atoms with Crippen LogP contribution >= 0.6 is 45.2 Å². The molecule has 1 aromatic rings. The van der Waals surface area contributed by atoms with Gasteiger partial charge in [-0.3, -0.25) is 0 Å². The van der Waals surface area contributed by atoms with Crippen LogP contribution in [0.15, 0.2) is 0 Å². The van der Waals surface area contributed by atoms with Gasteiger partial charge in [-0.15, -0.1) is 0 Å². The number of rotatable bonds is 0. The number of hydrogen-bond donors (Lipinski definition) is 0. The number of hydrogen-bond acceptors (Lipinski definition) is 0. The van der Waals surface area contributed by atoms with Gasteiger partial charge < -0.3 is 0 Å². The molecule has 0 atom stereocenters. The van der Waals surface area contributed by atoms with Crippen molar-refractivity contribution in [3.05, 3.63) is 29.9 Å². The van der Waals surface area contributed by atoms with E-state index in [1.165, 1.54) is 0 Å². The van der Waals surface area contributed by atoms with Gasteiger partial charge in [-0.1, -0.05) is 0 Å². The Morgan fingerprint density at radius 3 is 1.83 bits per heavy atom. The monoisotopic (exact) mass is 394 g/mol. The first-order valence-electron chi connectivity index (χ1n) is 3.26. The summed E-state index contributed by atoms with van der Waals surface area (Å²) >= 11 is 3.84. The van der Waals surface area contributed by atoms with E-state index in [-0.39, 0.29) is 0 Å². The fourth-order valence-corrected chi connectivity index (χ4v) is 2.43. The Bertz CT molecular complexity index is 229. The SMILES string of the molecule is Cc1c(F)c(F)c(I)c(C)c1I. The molecule has 0 saturated carbocycles. The van der Waals surface area contributed by atoms with Crippen molar-refractivity contribution in [2.75, 3.05) is 0 Å². The van der Waals surface area contributed by atoms with Gasteiger partial charge in [0.25, 0.3) is 0 Å². The zero-order valence-corrected chi connectivity index (χ0v) is 10.8. The number of halogens is 4. The standard InChI is InChI=1S/C8H6F2I2/c1-3-5(9)6(10)8(12)4(2)7(3)11/h1-2H3. The summed E-state index contributed by atoms with van der Waals surface area (Å²) in [6.45, 7) is 3.38. The lowest BCUT2D eigenvalue weighted by atomic mass is 10.1. The molecule has 1 aromatic carbocycles. The van der Waals surface area contributed by atoms with Crippen LogP contribution in [0.5, 0.6) is 0 Å². The number of benzene rings is 1. The molecule has 12 heavy (non-hydrogen) atoms. The third kappa shape index (κ3) is 1.59. The van der Waals surface area contributed by atoms with Crippen LogP contribution in [-0.2, 0) is 0 Å². The highest BCUT2D eigenvalue weighted by molar-refractivity contribution is 14.1. The van der Waals surface area contributed by atoms with Gasteiger partial charge in [0.15, 0.2) is 11.6 Å². The van der Waals surface area contributed by atoms with Crippen molar-refractivity contribution < 1.29 is 8.78 Å². The van der Waals surface area contributed by atoms with Crippen molar-refractivity contribution >= 4 is 45.2 Å². The molecule has 0 spiro atoms. The predicted molar refractivity (Wildman–Crippen MR) is 61.3 cm³/mol. The molecule has 0 amide bonds. The van der Waals surface area contributed by atoms with Crippen molar-refractivity contribution in [1.82, 2.24) is 0 Å². The van der Waals surface area contributed by atoms with E-state index in [1.807, 2.05) is 45.2 Å². The molecule has 0 unspecified atom stereocenters. The van der Waals surface area contributed by atoms with Gasteiger partial charge in [-0.25, -0.2) is 8.78 Å². The van der Waals surface area contributed by atoms with E-state index in [4.69, 9.17) is 0 Å². The highest BCUT2D eigenvalue weighted by Gasteiger charge is 2.16. The molecule has 0 aliphatic heterocycles. The Labute approximate surface area is 97.0 Å². The van der Waals surface area contributed by atoms with E-state index >= 15 is 0 Å². The van der Waals surface area contributed by atoms with Crippen LogP contribution in [0, 0.1) is 32.6 Å². The smallest absolute Gasteiger partial charge is 0.172 e. The van der Waals surface area contributed by atoms with E-state index in [1.54, 1.807) is 13.8 Å². The fourth-order valence-electron chi connectivity index (χ4n) is 0.900. The summed E-state index contributed by atoms with van der Waals surface area (Å²) in [5, 5.41) is 0. The third-order valence-electron chi connectivity index (χ3n) is 1.70. The molecule has 0 fully saturated rings. The molecule has 0 saturated heterocycles. The van der Waals surface area contributed by atoms with Gasteiger partial charge in [0.05, 0.1) is 3.57 Å². The van der Waals surface area contributed by atoms with E-state index in [0.29, 0.717) is 9.13 Å². The average Bonchev–Trinajstić information content (AvgIpc) is 2.08. The van der Waals surface area contributed by atoms with Crippen molar-refractivity contribution in [1.29, 1.82) is 0 Å². The molecule has 0 N–H and O–H groups in total. The maximum atomic E-state index is 13.0. The predicted octanol–water partition coefficient (Wildman–Crippen LogP) is 3.79. The molecule has 0 radical (unpaired) electrons. The maximum absolute atomic E-state index is 13.0. The minimum absolute atomic E-state index is 0.375. The molecule has 0 aromatic heterocycles. The first-order chi connectivity index (χ1) is 5.46. The lowest BCUT2D eigenvalue weighted by molar-refractivity contribution is 0.496. The van der Waals surface area contributed by atoms with Gasteiger partial charge >= 0.3 is 0 Å². The van der Waals surface area contributed by atoms with Crippen LogP contribution in [0.2, 0.25) is 0 Å².